The van der Waals surface area contributed by atoms with E-state index in [1.165, 1.54) is 13.8 Å². The zero-order valence-corrected chi connectivity index (χ0v) is 12.6. The van der Waals surface area contributed by atoms with E-state index in [1.54, 1.807) is 22.6 Å². The molecule has 0 amide bonds. The van der Waals surface area contributed by atoms with E-state index in [4.69, 9.17) is 0 Å². The van der Waals surface area contributed by atoms with Crippen LogP contribution in [0.15, 0.2) is 11.7 Å². The highest BCUT2D eigenvalue weighted by atomic mass is 127. The lowest BCUT2D eigenvalue weighted by Crippen LogP contribution is -2.45. The third kappa shape index (κ3) is 1.71. The molecule has 0 saturated heterocycles. The van der Waals surface area contributed by atoms with Crippen LogP contribution in [0.1, 0.15) is 16.0 Å². The SMILES string of the molecule is Cc1sc(I)c(C)c1C1(F)C(F)C(F)=C(F)C1(F)F. The van der Waals surface area contributed by atoms with Gasteiger partial charge in [-0.05, 0) is 42.0 Å². The molecule has 19 heavy (non-hydrogen) atoms. The first-order chi connectivity index (χ1) is 8.56. The third-order valence-corrected chi connectivity index (χ3v) is 5.61. The van der Waals surface area contributed by atoms with Gasteiger partial charge in [-0.1, -0.05) is 0 Å². The maximum absolute atomic E-state index is 14.6. The summed E-state index contributed by atoms with van der Waals surface area (Å²) >= 11 is 2.75. The van der Waals surface area contributed by atoms with Crippen molar-refractivity contribution in [3.05, 3.63) is 30.5 Å². The number of thiophene rings is 1. The van der Waals surface area contributed by atoms with Crippen LogP contribution in [-0.2, 0) is 5.67 Å². The molecule has 2 unspecified atom stereocenters. The molecular weight excluding hydrogens is 405 g/mol. The molecule has 0 aliphatic heterocycles. The Labute approximate surface area is 122 Å². The lowest BCUT2D eigenvalue weighted by Gasteiger charge is -2.29. The molecule has 0 aromatic carbocycles. The van der Waals surface area contributed by atoms with Gasteiger partial charge in [0.15, 0.2) is 12.0 Å². The van der Waals surface area contributed by atoms with Crippen molar-refractivity contribution in [3.63, 3.8) is 0 Å². The van der Waals surface area contributed by atoms with Crippen molar-refractivity contribution in [2.24, 2.45) is 0 Å². The van der Waals surface area contributed by atoms with Gasteiger partial charge >= 0.3 is 5.92 Å². The van der Waals surface area contributed by atoms with E-state index in [9.17, 15) is 26.3 Å². The largest absolute Gasteiger partial charge is 0.342 e. The van der Waals surface area contributed by atoms with Crippen molar-refractivity contribution in [2.45, 2.75) is 31.6 Å². The summed E-state index contributed by atoms with van der Waals surface area (Å²) < 4.78 is 82.2. The first-order valence-corrected chi connectivity index (χ1v) is 6.98. The maximum atomic E-state index is 14.6. The van der Waals surface area contributed by atoms with Crippen LogP contribution in [0.3, 0.4) is 0 Å². The van der Waals surface area contributed by atoms with Gasteiger partial charge in [-0.15, -0.1) is 11.3 Å². The summed E-state index contributed by atoms with van der Waals surface area (Å²) in [6.07, 6.45) is -3.34. The smallest absolute Gasteiger partial charge is 0.235 e. The van der Waals surface area contributed by atoms with E-state index < -0.39 is 35.0 Å². The fraction of sp³-hybridized carbons (Fsp3) is 0.455. The molecule has 2 rings (SSSR count). The summed E-state index contributed by atoms with van der Waals surface area (Å²) in [5, 5.41) is 0. The molecular formula is C11H7F6IS. The molecule has 0 fully saturated rings. The molecule has 1 heterocycles. The van der Waals surface area contributed by atoms with Gasteiger partial charge < -0.3 is 0 Å². The summed E-state index contributed by atoms with van der Waals surface area (Å²) in [7, 11) is 0. The second kappa shape index (κ2) is 4.37. The fourth-order valence-corrected chi connectivity index (χ4v) is 4.38. The van der Waals surface area contributed by atoms with E-state index in [0.29, 0.717) is 2.88 Å². The van der Waals surface area contributed by atoms with Crippen LogP contribution >= 0.6 is 33.9 Å². The second-order valence-electron chi connectivity index (χ2n) is 4.24. The molecule has 1 aliphatic carbocycles. The van der Waals surface area contributed by atoms with Gasteiger partial charge in [-0.25, -0.2) is 17.6 Å². The van der Waals surface area contributed by atoms with Crippen molar-refractivity contribution in [3.8, 4) is 0 Å². The monoisotopic (exact) mass is 412 g/mol. The van der Waals surface area contributed by atoms with Gasteiger partial charge in [-0.3, -0.25) is 0 Å². The number of aryl methyl sites for hydroxylation is 1. The van der Waals surface area contributed by atoms with Gasteiger partial charge in [0, 0.05) is 10.4 Å². The minimum absolute atomic E-state index is 0.0780. The predicted molar refractivity (Wildman–Crippen MR) is 68.4 cm³/mol. The van der Waals surface area contributed by atoms with Crippen molar-refractivity contribution >= 4 is 33.9 Å². The quantitative estimate of drug-likeness (QED) is 0.436. The van der Waals surface area contributed by atoms with Crippen molar-refractivity contribution in [2.75, 3.05) is 0 Å². The number of alkyl halides is 4. The molecule has 1 aromatic rings. The summed E-state index contributed by atoms with van der Waals surface area (Å²) in [6.45, 7) is 2.63. The average molecular weight is 412 g/mol. The zero-order valence-electron chi connectivity index (χ0n) is 9.63. The van der Waals surface area contributed by atoms with Crippen molar-refractivity contribution in [1.29, 1.82) is 0 Å². The molecule has 8 heteroatoms. The Balaban J connectivity index is 2.74. The van der Waals surface area contributed by atoms with Crippen LogP contribution in [0.2, 0.25) is 0 Å². The van der Waals surface area contributed by atoms with Gasteiger partial charge in [0.2, 0.25) is 11.5 Å². The molecule has 0 bridgehead atoms. The number of rotatable bonds is 1. The van der Waals surface area contributed by atoms with Gasteiger partial charge in [0.1, 0.15) is 0 Å². The normalized spacial score (nSPS) is 30.3. The lowest BCUT2D eigenvalue weighted by molar-refractivity contribution is -0.137. The minimum atomic E-state index is -4.85. The van der Waals surface area contributed by atoms with E-state index in [-0.39, 0.29) is 10.4 Å². The Hall–Kier alpha value is -0.250. The molecule has 0 spiro atoms. The summed E-state index contributed by atoms with van der Waals surface area (Å²) in [4.78, 5) is 0.0780. The standard InChI is InChI=1S/C11H7F6IS/c1-3-5(4(2)19-9(3)18)10(15)7(13)6(12)8(14)11(10,16)17/h7H,1-2H3. The minimum Gasteiger partial charge on any atom is -0.235 e. The predicted octanol–water partition coefficient (Wildman–Crippen LogP) is 5.27. The Bertz CT molecular complexity index is 578. The van der Waals surface area contributed by atoms with E-state index in [1.807, 2.05) is 0 Å². The van der Waals surface area contributed by atoms with Crippen LogP contribution in [-0.4, -0.2) is 12.1 Å². The maximum Gasteiger partial charge on any atom is 0.342 e. The Morgan fingerprint density at radius 2 is 1.68 bits per heavy atom. The topological polar surface area (TPSA) is 0 Å². The Morgan fingerprint density at radius 3 is 2.00 bits per heavy atom. The van der Waals surface area contributed by atoms with E-state index in [0.717, 1.165) is 11.3 Å². The second-order valence-corrected chi connectivity index (χ2v) is 7.28. The van der Waals surface area contributed by atoms with Crippen LogP contribution in [0.5, 0.6) is 0 Å². The van der Waals surface area contributed by atoms with Crippen LogP contribution in [0.4, 0.5) is 26.3 Å². The average Bonchev–Trinajstić information content (AvgIpc) is 2.63. The summed E-state index contributed by atoms with van der Waals surface area (Å²) in [5.74, 6) is -9.88. The van der Waals surface area contributed by atoms with Crippen molar-refractivity contribution < 1.29 is 26.3 Å². The van der Waals surface area contributed by atoms with E-state index >= 15 is 0 Å². The lowest BCUT2D eigenvalue weighted by atomic mass is 9.87. The molecule has 0 saturated carbocycles. The van der Waals surface area contributed by atoms with Gasteiger partial charge in [0.05, 0.1) is 2.88 Å². The zero-order chi connectivity index (χ0) is 14.7. The number of allylic oxidation sites excluding steroid dienone is 2. The molecule has 0 N–H and O–H groups in total. The molecule has 2 atom stereocenters. The summed E-state index contributed by atoms with van der Waals surface area (Å²) in [6, 6.07) is 0. The Morgan fingerprint density at radius 1 is 1.16 bits per heavy atom. The van der Waals surface area contributed by atoms with Crippen LogP contribution in [0, 0.1) is 16.7 Å². The third-order valence-electron chi connectivity index (χ3n) is 3.14. The van der Waals surface area contributed by atoms with Crippen LogP contribution < -0.4 is 0 Å². The number of hydrogen-bond donors (Lipinski definition) is 0. The highest BCUT2D eigenvalue weighted by Crippen LogP contribution is 2.60. The highest BCUT2D eigenvalue weighted by Gasteiger charge is 2.73. The van der Waals surface area contributed by atoms with Gasteiger partial charge in [-0.2, -0.15) is 8.78 Å². The molecule has 0 nitrogen and oxygen atoms in total. The number of hydrogen-bond acceptors (Lipinski definition) is 1. The molecule has 106 valence electrons. The molecule has 1 aliphatic rings. The molecule has 1 aromatic heterocycles. The van der Waals surface area contributed by atoms with Crippen LogP contribution in [0.25, 0.3) is 0 Å². The summed E-state index contributed by atoms with van der Waals surface area (Å²) in [5.41, 5.74) is -4.62. The molecule has 0 radical (unpaired) electrons. The van der Waals surface area contributed by atoms with Crippen molar-refractivity contribution in [1.82, 2.24) is 0 Å². The Kier molecular flexibility index (Phi) is 3.48. The first-order valence-electron chi connectivity index (χ1n) is 5.09. The number of halogens is 7. The fourth-order valence-electron chi connectivity index (χ4n) is 2.19. The van der Waals surface area contributed by atoms with Gasteiger partial charge in [0.25, 0.3) is 0 Å². The first kappa shape index (κ1) is 15.1. The van der Waals surface area contributed by atoms with E-state index in [2.05, 4.69) is 0 Å². The highest BCUT2D eigenvalue weighted by molar-refractivity contribution is 14.1.